The molecule has 2 atom stereocenters. The zero-order valence-electron chi connectivity index (χ0n) is 19.9. The van der Waals surface area contributed by atoms with Crippen molar-refractivity contribution in [1.29, 1.82) is 0 Å². The van der Waals surface area contributed by atoms with Crippen molar-refractivity contribution >= 4 is 33.2 Å². The maximum atomic E-state index is 12.8. The van der Waals surface area contributed by atoms with E-state index in [4.69, 9.17) is 4.74 Å². The van der Waals surface area contributed by atoms with Gasteiger partial charge in [0.05, 0.1) is 17.4 Å². The number of nitrogens with one attached hydrogen (secondary N) is 2. The van der Waals surface area contributed by atoms with Gasteiger partial charge in [0.25, 0.3) is 0 Å². The molecule has 2 amide bonds. The van der Waals surface area contributed by atoms with Crippen LogP contribution in [0.1, 0.15) is 38.7 Å². The highest BCUT2D eigenvalue weighted by atomic mass is 32.2. The van der Waals surface area contributed by atoms with Gasteiger partial charge in [0.1, 0.15) is 0 Å². The second kappa shape index (κ2) is 11.6. The van der Waals surface area contributed by atoms with E-state index in [0.29, 0.717) is 12.2 Å². The van der Waals surface area contributed by atoms with Crippen LogP contribution >= 0.6 is 0 Å². The van der Waals surface area contributed by atoms with Gasteiger partial charge >= 0.3 is 0 Å². The highest BCUT2D eigenvalue weighted by Crippen LogP contribution is 2.27. The average Bonchev–Trinajstić information content (AvgIpc) is 3.20. The molecule has 0 aliphatic carbocycles. The van der Waals surface area contributed by atoms with Crippen molar-refractivity contribution in [3.8, 4) is 0 Å². The smallest absolute Gasteiger partial charge is 0.240 e. The number of ether oxygens (including phenoxy) is 1. The van der Waals surface area contributed by atoms with Gasteiger partial charge in [-0.1, -0.05) is 25.5 Å². The minimum absolute atomic E-state index is 0.0841. The van der Waals surface area contributed by atoms with Crippen LogP contribution in [0.2, 0.25) is 0 Å². The lowest BCUT2D eigenvalue weighted by molar-refractivity contribution is -0.122. The molecule has 0 spiro atoms. The van der Waals surface area contributed by atoms with Gasteiger partial charge < -0.3 is 15.0 Å². The summed E-state index contributed by atoms with van der Waals surface area (Å²) >= 11 is 0. The number of benzene rings is 2. The Morgan fingerprint density at radius 3 is 2.44 bits per heavy atom. The van der Waals surface area contributed by atoms with Crippen LogP contribution in [0.4, 0.5) is 11.4 Å². The van der Waals surface area contributed by atoms with Crippen molar-refractivity contribution in [2.24, 2.45) is 5.92 Å². The molecule has 2 unspecified atom stereocenters. The Hall–Kier alpha value is -2.75. The first kappa shape index (κ1) is 25.9. The van der Waals surface area contributed by atoms with E-state index in [1.165, 1.54) is 36.9 Å². The first-order chi connectivity index (χ1) is 16.2. The number of anilines is 2. The van der Waals surface area contributed by atoms with Gasteiger partial charge in [-0.3, -0.25) is 9.59 Å². The third-order valence-corrected chi connectivity index (χ3v) is 7.37. The molecule has 9 heteroatoms. The zero-order chi connectivity index (χ0) is 24.7. The molecule has 0 bridgehead atoms. The van der Waals surface area contributed by atoms with Crippen molar-refractivity contribution < 1.29 is 22.7 Å². The summed E-state index contributed by atoms with van der Waals surface area (Å²) in [6.07, 6.45) is 3.40. The molecule has 0 aromatic heterocycles. The van der Waals surface area contributed by atoms with Crippen molar-refractivity contribution in [2.45, 2.75) is 50.5 Å². The standard InChI is InChI=1S/C25H33N3O5S/c1-4-5-6-19-7-11-22(12-8-19)28-16-20(15-24(28)29)25(30)26-21-9-13-23(14-10-21)34(31,32)27-18(2)17-33-3/h7-14,18,20,27H,4-6,15-17H2,1-3H3,(H,26,30). The summed E-state index contributed by atoms with van der Waals surface area (Å²) in [6, 6.07) is 13.5. The fourth-order valence-corrected chi connectivity index (χ4v) is 5.16. The van der Waals surface area contributed by atoms with Crippen LogP contribution in [-0.2, 0) is 30.8 Å². The van der Waals surface area contributed by atoms with Crippen LogP contribution in [0.15, 0.2) is 53.4 Å². The Labute approximate surface area is 201 Å². The van der Waals surface area contributed by atoms with Gasteiger partial charge in [0, 0.05) is 37.5 Å². The molecule has 2 N–H and O–H groups in total. The molecule has 8 nitrogen and oxygen atoms in total. The molecule has 0 radical (unpaired) electrons. The van der Waals surface area contributed by atoms with E-state index in [1.807, 2.05) is 24.3 Å². The van der Waals surface area contributed by atoms with Gasteiger partial charge in [-0.05, 0) is 61.7 Å². The van der Waals surface area contributed by atoms with Crippen LogP contribution in [0.3, 0.4) is 0 Å². The Bertz CT molecular complexity index is 1080. The summed E-state index contributed by atoms with van der Waals surface area (Å²) < 4.78 is 32.4. The molecule has 2 aromatic rings. The van der Waals surface area contributed by atoms with Crippen LogP contribution in [0.25, 0.3) is 0 Å². The fraction of sp³-hybridized carbons (Fsp3) is 0.440. The number of carbonyl (C=O) groups is 2. The molecular weight excluding hydrogens is 454 g/mol. The lowest BCUT2D eigenvalue weighted by Gasteiger charge is -2.17. The number of amides is 2. The van der Waals surface area contributed by atoms with E-state index in [1.54, 1.807) is 11.8 Å². The molecular formula is C25H33N3O5S. The lowest BCUT2D eigenvalue weighted by Crippen LogP contribution is -2.35. The Balaban J connectivity index is 1.59. The van der Waals surface area contributed by atoms with Crippen molar-refractivity contribution in [3.05, 3.63) is 54.1 Å². The van der Waals surface area contributed by atoms with Crippen molar-refractivity contribution in [1.82, 2.24) is 4.72 Å². The van der Waals surface area contributed by atoms with Crippen LogP contribution < -0.4 is 14.9 Å². The number of hydrogen-bond acceptors (Lipinski definition) is 5. The summed E-state index contributed by atoms with van der Waals surface area (Å²) in [7, 11) is -2.19. The van der Waals surface area contributed by atoms with E-state index in [9.17, 15) is 18.0 Å². The summed E-state index contributed by atoms with van der Waals surface area (Å²) in [6.45, 7) is 4.43. The number of unbranched alkanes of at least 4 members (excludes halogenated alkanes) is 1. The molecule has 1 fully saturated rings. The van der Waals surface area contributed by atoms with E-state index in [-0.39, 0.29) is 35.8 Å². The van der Waals surface area contributed by atoms with Gasteiger partial charge in [-0.2, -0.15) is 0 Å². The average molecular weight is 488 g/mol. The molecule has 2 aromatic carbocycles. The van der Waals surface area contributed by atoms with Gasteiger partial charge in [-0.15, -0.1) is 0 Å². The van der Waals surface area contributed by atoms with E-state index >= 15 is 0 Å². The second-order valence-electron chi connectivity index (χ2n) is 8.67. The molecule has 1 aliphatic rings. The monoisotopic (exact) mass is 487 g/mol. The lowest BCUT2D eigenvalue weighted by atomic mass is 10.1. The number of nitrogens with zero attached hydrogens (tertiary/aromatic N) is 1. The number of carbonyl (C=O) groups excluding carboxylic acids is 2. The highest BCUT2D eigenvalue weighted by molar-refractivity contribution is 7.89. The molecule has 1 heterocycles. The fourth-order valence-electron chi connectivity index (χ4n) is 3.93. The molecule has 1 saturated heterocycles. The topological polar surface area (TPSA) is 105 Å². The number of hydrogen-bond donors (Lipinski definition) is 2. The van der Waals surface area contributed by atoms with E-state index in [2.05, 4.69) is 17.0 Å². The quantitative estimate of drug-likeness (QED) is 0.506. The maximum absolute atomic E-state index is 12.8. The van der Waals surface area contributed by atoms with Crippen molar-refractivity contribution in [3.63, 3.8) is 0 Å². The van der Waals surface area contributed by atoms with Gasteiger partial charge in [0.15, 0.2) is 0 Å². The van der Waals surface area contributed by atoms with Crippen LogP contribution in [0.5, 0.6) is 0 Å². The minimum Gasteiger partial charge on any atom is -0.383 e. The second-order valence-corrected chi connectivity index (χ2v) is 10.4. The number of sulfonamides is 1. The molecule has 0 saturated carbocycles. The van der Waals surface area contributed by atoms with E-state index < -0.39 is 15.9 Å². The van der Waals surface area contributed by atoms with Gasteiger partial charge in [0.2, 0.25) is 21.8 Å². The van der Waals surface area contributed by atoms with Crippen molar-refractivity contribution in [2.75, 3.05) is 30.5 Å². The van der Waals surface area contributed by atoms with Crippen LogP contribution in [0, 0.1) is 5.92 Å². The first-order valence-corrected chi connectivity index (χ1v) is 13.0. The Kier molecular flexibility index (Phi) is 8.82. The first-order valence-electron chi connectivity index (χ1n) is 11.5. The van der Waals surface area contributed by atoms with Crippen LogP contribution in [-0.4, -0.2) is 46.5 Å². The molecule has 1 aliphatic heterocycles. The third kappa shape index (κ3) is 6.65. The summed E-state index contributed by atoms with van der Waals surface area (Å²) in [5, 5.41) is 2.80. The normalized spacial score (nSPS) is 17.1. The molecule has 34 heavy (non-hydrogen) atoms. The largest absolute Gasteiger partial charge is 0.383 e. The molecule has 3 rings (SSSR count). The Morgan fingerprint density at radius 1 is 1.15 bits per heavy atom. The SMILES string of the molecule is CCCCc1ccc(N2CC(C(=O)Nc3ccc(S(=O)(=O)NC(C)COC)cc3)CC2=O)cc1. The number of aryl methyl sites for hydroxylation is 1. The summed E-state index contributed by atoms with van der Waals surface area (Å²) in [5.41, 5.74) is 2.51. The predicted molar refractivity (Wildman–Crippen MR) is 132 cm³/mol. The number of rotatable bonds is 11. The van der Waals surface area contributed by atoms with Gasteiger partial charge in [-0.25, -0.2) is 13.1 Å². The summed E-state index contributed by atoms with van der Waals surface area (Å²) in [5.74, 6) is -0.829. The summed E-state index contributed by atoms with van der Waals surface area (Å²) in [4.78, 5) is 27.1. The third-order valence-electron chi connectivity index (χ3n) is 5.77. The minimum atomic E-state index is -3.69. The zero-order valence-corrected chi connectivity index (χ0v) is 20.7. The van der Waals surface area contributed by atoms with E-state index in [0.717, 1.165) is 24.9 Å². The maximum Gasteiger partial charge on any atom is 0.240 e. The molecule has 184 valence electrons. The Morgan fingerprint density at radius 2 is 1.82 bits per heavy atom. The highest BCUT2D eigenvalue weighted by Gasteiger charge is 2.35. The number of methoxy groups -OCH3 is 1. The predicted octanol–water partition coefficient (Wildman–Crippen LogP) is 3.33.